The molecule has 2 aromatic heterocycles. The number of benzene rings is 2. The minimum atomic E-state index is -0.994. The molecule has 3 heterocycles. The number of hydrogen-bond acceptors (Lipinski definition) is 4. The number of H-pyrrole nitrogens is 1. The molecule has 0 fully saturated rings. The van der Waals surface area contributed by atoms with Crippen LogP contribution in [0, 0.1) is 11.6 Å². The average molecular weight is 436 g/mol. The number of urea groups is 1. The van der Waals surface area contributed by atoms with E-state index in [2.05, 4.69) is 9.97 Å². The molecule has 7 nitrogen and oxygen atoms in total. The number of amides is 2. The summed E-state index contributed by atoms with van der Waals surface area (Å²) in [5.74, 6) is -2.46. The van der Waals surface area contributed by atoms with Gasteiger partial charge in [0.05, 0.1) is 32.1 Å². The zero-order chi connectivity index (χ0) is 22.4. The first-order valence-electron chi connectivity index (χ1n) is 9.76. The molecule has 0 unspecified atom stereocenters. The number of nitrogens with one attached hydrogen (secondary N) is 1. The number of fused-ring (bicyclic) bond motifs is 3. The number of ether oxygens (including phenoxy) is 2. The largest absolute Gasteiger partial charge is 0.493 e. The second kappa shape index (κ2) is 7.52. The number of pyridine rings is 1. The topological polar surface area (TPSA) is 70.7 Å². The number of carbonyl (C=O) groups is 1. The van der Waals surface area contributed by atoms with Crippen molar-refractivity contribution in [3.05, 3.63) is 72.1 Å². The third-order valence-electron chi connectivity index (χ3n) is 5.44. The van der Waals surface area contributed by atoms with E-state index in [0.717, 1.165) is 16.4 Å². The summed E-state index contributed by atoms with van der Waals surface area (Å²) in [5, 5.41) is 0.725. The number of nitrogens with zero attached hydrogens (tertiary/aromatic N) is 3. The van der Waals surface area contributed by atoms with Crippen molar-refractivity contribution in [1.82, 2.24) is 9.97 Å². The highest BCUT2D eigenvalue weighted by Crippen LogP contribution is 2.44. The summed E-state index contributed by atoms with van der Waals surface area (Å²) in [5.41, 5.74) is 1.84. The van der Waals surface area contributed by atoms with Crippen LogP contribution in [-0.4, -0.2) is 30.2 Å². The van der Waals surface area contributed by atoms with E-state index < -0.39 is 23.4 Å². The fourth-order valence-corrected chi connectivity index (χ4v) is 3.97. The first kappa shape index (κ1) is 19.8. The minimum absolute atomic E-state index is 0.0875. The van der Waals surface area contributed by atoms with Gasteiger partial charge in [-0.15, -0.1) is 0 Å². The summed E-state index contributed by atoms with van der Waals surface area (Å²) < 4.78 is 40.6. The lowest BCUT2D eigenvalue weighted by atomic mass is 10.1. The van der Waals surface area contributed by atoms with Crippen LogP contribution in [0.25, 0.3) is 11.0 Å². The fraction of sp³-hybridized carbons (Fsp3) is 0.130. The molecule has 2 amide bonds. The molecule has 9 heteroatoms. The predicted molar refractivity (Wildman–Crippen MR) is 116 cm³/mol. The quantitative estimate of drug-likeness (QED) is 0.481. The molecule has 4 aromatic rings. The van der Waals surface area contributed by atoms with E-state index in [0.29, 0.717) is 22.6 Å². The van der Waals surface area contributed by atoms with Crippen molar-refractivity contribution in [1.29, 1.82) is 0 Å². The molecule has 0 bridgehead atoms. The number of rotatable bonds is 4. The maximum atomic E-state index is 15.3. The van der Waals surface area contributed by atoms with E-state index in [1.54, 1.807) is 36.7 Å². The number of aromatic amines is 1. The number of methoxy groups -OCH3 is 2. The van der Waals surface area contributed by atoms with Crippen molar-refractivity contribution < 1.29 is 23.0 Å². The molecule has 1 N–H and O–H groups in total. The van der Waals surface area contributed by atoms with Crippen LogP contribution in [0.15, 0.2) is 54.9 Å². The van der Waals surface area contributed by atoms with Gasteiger partial charge in [0.1, 0.15) is 11.3 Å². The highest BCUT2D eigenvalue weighted by atomic mass is 19.1. The highest BCUT2D eigenvalue weighted by molar-refractivity contribution is 6.15. The van der Waals surface area contributed by atoms with Crippen LogP contribution < -0.4 is 19.3 Å². The number of halogens is 2. The molecule has 0 atom stereocenters. The Morgan fingerprint density at radius 2 is 1.69 bits per heavy atom. The van der Waals surface area contributed by atoms with Crippen LogP contribution in [-0.2, 0) is 6.54 Å². The SMILES string of the molecule is COc1cc(OC)c(F)c(N2Cc3cnc4[nH]ccc4c3N(c3ccccc3)C2=O)c1F. The molecule has 0 saturated heterocycles. The molecular weight excluding hydrogens is 418 g/mol. The Bertz CT molecular complexity index is 1310. The lowest BCUT2D eigenvalue weighted by molar-refractivity contribution is 0.251. The summed E-state index contributed by atoms with van der Waals surface area (Å²) in [7, 11) is 2.52. The Hall–Kier alpha value is -4.14. The third-order valence-corrected chi connectivity index (χ3v) is 5.44. The van der Waals surface area contributed by atoms with Gasteiger partial charge in [0, 0.05) is 29.4 Å². The Kier molecular flexibility index (Phi) is 4.66. The molecular formula is C23H18F2N4O3. The standard InChI is InChI=1S/C23H18F2N4O3/c1-31-16-10-17(32-2)19(25)21(18(16)24)28-12-13-11-27-22-15(8-9-26-22)20(13)29(23(28)30)14-6-4-3-5-7-14/h3-11H,12H2,1-2H3,(H,26,27). The van der Waals surface area contributed by atoms with Crippen molar-refractivity contribution >= 4 is 34.1 Å². The van der Waals surface area contributed by atoms with Gasteiger partial charge in [-0.25, -0.2) is 18.6 Å². The summed E-state index contributed by atoms with van der Waals surface area (Å²) >= 11 is 0. The van der Waals surface area contributed by atoms with Crippen LogP contribution in [0.3, 0.4) is 0 Å². The van der Waals surface area contributed by atoms with Crippen LogP contribution in [0.1, 0.15) is 5.56 Å². The Labute approximate surface area is 181 Å². The van der Waals surface area contributed by atoms with Crippen molar-refractivity contribution in [2.45, 2.75) is 6.54 Å². The van der Waals surface area contributed by atoms with E-state index in [4.69, 9.17) is 9.47 Å². The van der Waals surface area contributed by atoms with Gasteiger partial charge in [-0.2, -0.15) is 0 Å². The van der Waals surface area contributed by atoms with Crippen molar-refractivity contribution in [3.63, 3.8) is 0 Å². The summed E-state index contributed by atoms with van der Waals surface area (Å²) in [6.07, 6.45) is 3.32. The molecule has 1 aliphatic heterocycles. The molecule has 32 heavy (non-hydrogen) atoms. The van der Waals surface area contributed by atoms with Gasteiger partial charge in [-0.05, 0) is 18.2 Å². The fourth-order valence-electron chi connectivity index (χ4n) is 3.97. The zero-order valence-electron chi connectivity index (χ0n) is 17.2. The molecule has 2 aromatic carbocycles. The Balaban J connectivity index is 1.77. The molecule has 0 aliphatic carbocycles. The molecule has 162 valence electrons. The number of hydrogen-bond donors (Lipinski definition) is 1. The van der Waals surface area contributed by atoms with Gasteiger partial charge in [0.2, 0.25) is 0 Å². The van der Waals surface area contributed by atoms with Crippen LogP contribution in [0.5, 0.6) is 11.5 Å². The number of carbonyl (C=O) groups excluding carboxylic acids is 1. The minimum Gasteiger partial charge on any atom is -0.493 e. The van der Waals surface area contributed by atoms with Crippen molar-refractivity contribution in [2.75, 3.05) is 24.0 Å². The molecule has 0 spiro atoms. The van der Waals surface area contributed by atoms with Crippen molar-refractivity contribution in [3.8, 4) is 11.5 Å². The Morgan fingerprint density at radius 1 is 1.00 bits per heavy atom. The van der Waals surface area contributed by atoms with Gasteiger partial charge in [-0.3, -0.25) is 9.80 Å². The number of anilines is 3. The maximum absolute atomic E-state index is 15.3. The molecule has 5 rings (SSSR count). The lowest BCUT2D eigenvalue weighted by Crippen LogP contribution is -2.46. The second-order valence-electron chi connectivity index (χ2n) is 7.17. The monoisotopic (exact) mass is 436 g/mol. The van der Waals surface area contributed by atoms with Crippen LogP contribution in [0.2, 0.25) is 0 Å². The van der Waals surface area contributed by atoms with Gasteiger partial charge in [0.15, 0.2) is 23.1 Å². The van der Waals surface area contributed by atoms with E-state index in [1.165, 1.54) is 19.1 Å². The summed E-state index contributed by atoms with van der Waals surface area (Å²) in [4.78, 5) is 23.7. The van der Waals surface area contributed by atoms with E-state index >= 15 is 8.78 Å². The Morgan fingerprint density at radius 3 is 2.34 bits per heavy atom. The summed E-state index contributed by atoms with van der Waals surface area (Å²) in [6.45, 7) is -0.0875. The van der Waals surface area contributed by atoms with Gasteiger partial charge in [0.25, 0.3) is 0 Å². The number of aromatic nitrogens is 2. The smallest absolute Gasteiger partial charge is 0.334 e. The highest BCUT2D eigenvalue weighted by Gasteiger charge is 2.38. The first-order valence-corrected chi connectivity index (χ1v) is 9.76. The lowest BCUT2D eigenvalue weighted by Gasteiger charge is -2.37. The van der Waals surface area contributed by atoms with Crippen LogP contribution in [0.4, 0.5) is 30.6 Å². The summed E-state index contributed by atoms with van der Waals surface area (Å²) in [6, 6.07) is 11.2. The average Bonchev–Trinajstić information content (AvgIpc) is 3.29. The van der Waals surface area contributed by atoms with Crippen molar-refractivity contribution in [2.24, 2.45) is 0 Å². The van der Waals surface area contributed by atoms with Crippen LogP contribution >= 0.6 is 0 Å². The molecule has 1 aliphatic rings. The van der Waals surface area contributed by atoms with E-state index in [-0.39, 0.29) is 18.0 Å². The molecule has 0 saturated carbocycles. The zero-order valence-corrected chi connectivity index (χ0v) is 17.2. The number of para-hydroxylation sites is 1. The first-order chi connectivity index (χ1) is 15.5. The second-order valence-corrected chi connectivity index (χ2v) is 7.17. The molecule has 0 radical (unpaired) electrons. The maximum Gasteiger partial charge on any atom is 0.334 e. The van der Waals surface area contributed by atoms with E-state index in [1.807, 2.05) is 12.1 Å². The van der Waals surface area contributed by atoms with E-state index in [9.17, 15) is 4.79 Å². The predicted octanol–water partition coefficient (Wildman–Crippen LogP) is 5.14. The normalized spacial score (nSPS) is 13.4. The van der Waals surface area contributed by atoms with Gasteiger partial charge in [-0.1, -0.05) is 18.2 Å². The van der Waals surface area contributed by atoms with Gasteiger partial charge < -0.3 is 14.5 Å². The third kappa shape index (κ3) is 2.85. The van der Waals surface area contributed by atoms with Gasteiger partial charge >= 0.3 is 6.03 Å².